The fourth-order valence-corrected chi connectivity index (χ4v) is 6.09. The summed E-state index contributed by atoms with van der Waals surface area (Å²) in [7, 11) is -1.25. The number of likely N-dealkylation sites (N-methyl/N-ethyl adjacent to an activating group) is 1. The smallest absolute Gasteiger partial charge is 0.270 e. The van der Waals surface area contributed by atoms with E-state index >= 15 is 0 Å². The third kappa shape index (κ3) is 2.64. The van der Waals surface area contributed by atoms with E-state index < -0.39 is 9.84 Å². The van der Waals surface area contributed by atoms with Gasteiger partial charge < -0.3 is 9.88 Å². The standard InChI is InChI=1S/C17H20FN3O3S/c1-10-12-7-11(18)3-4-13(12)19-16(10)17(22)21-6-5-20(2)14-8-25(23,24)9-15(14)21/h3-4,7,14-15,19H,5-6,8-9H2,1-2H3/t14-,15+/m0/s1. The molecule has 1 aromatic heterocycles. The predicted octanol–water partition coefficient (Wildman–Crippen LogP) is 1.17. The van der Waals surface area contributed by atoms with Gasteiger partial charge in [0.05, 0.1) is 17.5 Å². The highest BCUT2D eigenvalue weighted by Crippen LogP contribution is 2.29. The number of aromatic nitrogens is 1. The van der Waals surface area contributed by atoms with E-state index in [1.165, 1.54) is 12.1 Å². The van der Waals surface area contributed by atoms with Crippen LogP contribution in [0.1, 0.15) is 16.1 Å². The zero-order chi connectivity index (χ0) is 17.9. The van der Waals surface area contributed by atoms with Crippen molar-refractivity contribution in [1.82, 2.24) is 14.8 Å². The average Bonchev–Trinajstić information content (AvgIpc) is 3.04. The lowest BCUT2D eigenvalue weighted by atomic mass is 10.0. The minimum atomic E-state index is -3.15. The Balaban J connectivity index is 1.72. The third-order valence-corrected chi connectivity index (χ3v) is 7.15. The normalized spacial score (nSPS) is 26.1. The fraction of sp³-hybridized carbons (Fsp3) is 0.471. The lowest BCUT2D eigenvalue weighted by Gasteiger charge is -2.42. The zero-order valence-corrected chi connectivity index (χ0v) is 14.9. The molecule has 8 heteroatoms. The van der Waals surface area contributed by atoms with E-state index in [4.69, 9.17) is 0 Å². The molecule has 2 saturated heterocycles. The van der Waals surface area contributed by atoms with Crippen LogP contribution in [0.2, 0.25) is 0 Å². The van der Waals surface area contributed by atoms with Crippen LogP contribution >= 0.6 is 0 Å². The molecule has 2 fully saturated rings. The van der Waals surface area contributed by atoms with Crippen LogP contribution in [0.4, 0.5) is 4.39 Å². The predicted molar refractivity (Wildman–Crippen MR) is 92.9 cm³/mol. The van der Waals surface area contributed by atoms with E-state index in [2.05, 4.69) is 4.98 Å². The van der Waals surface area contributed by atoms with Crippen molar-refractivity contribution in [2.45, 2.75) is 19.0 Å². The van der Waals surface area contributed by atoms with Crippen LogP contribution in [-0.4, -0.2) is 72.8 Å². The van der Waals surface area contributed by atoms with E-state index in [0.717, 1.165) is 0 Å². The highest BCUT2D eigenvalue weighted by Gasteiger charge is 2.47. The Bertz CT molecular complexity index is 969. The van der Waals surface area contributed by atoms with Gasteiger partial charge in [-0.3, -0.25) is 9.69 Å². The molecule has 1 aromatic carbocycles. The summed E-state index contributed by atoms with van der Waals surface area (Å²) >= 11 is 0. The maximum absolute atomic E-state index is 13.5. The molecular formula is C17H20FN3O3S. The Labute approximate surface area is 145 Å². The first kappa shape index (κ1) is 16.5. The summed E-state index contributed by atoms with van der Waals surface area (Å²) in [5.74, 6) is -0.472. The second-order valence-electron chi connectivity index (χ2n) is 7.01. The lowest BCUT2D eigenvalue weighted by molar-refractivity contribution is 0.0405. The van der Waals surface area contributed by atoms with Gasteiger partial charge in [-0.25, -0.2) is 12.8 Å². The first-order valence-corrected chi connectivity index (χ1v) is 10.1. The molecule has 0 bridgehead atoms. The second-order valence-corrected chi connectivity index (χ2v) is 9.16. The van der Waals surface area contributed by atoms with Crippen molar-refractivity contribution in [1.29, 1.82) is 0 Å². The molecule has 0 spiro atoms. The van der Waals surface area contributed by atoms with E-state index in [-0.39, 0.29) is 35.3 Å². The molecule has 2 aliphatic heterocycles. The number of nitrogens with zero attached hydrogens (tertiary/aromatic N) is 2. The SMILES string of the molecule is Cc1c(C(=O)N2CCN(C)[C@H]3CS(=O)(=O)C[C@H]32)[nH]c2ccc(F)cc12. The Hall–Kier alpha value is -1.93. The maximum atomic E-state index is 13.5. The maximum Gasteiger partial charge on any atom is 0.270 e. The molecule has 25 heavy (non-hydrogen) atoms. The third-order valence-electron chi connectivity index (χ3n) is 5.45. The second kappa shape index (κ2) is 5.54. The number of piperazine rings is 1. The van der Waals surface area contributed by atoms with Crippen molar-refractivity contribution < 1.29 is 17.6 Å². The summed E-state index contributed by atoms with van der Waals surface area (Å²) in [6, 6.07) is 3.87. The molecule has 0 saturated carbocycles. The number of amides is 1. The molecule has 0 aliphatic carbocycles. The quantitative estimate of drug-likeness (QED) is 0.823. The molecule has 0 unspecified atom stereocenters. The first-order valence-electron chi connectivity index (χ1n) is 8.26. The van der Waals surface area contributed by atoms with Crippen LogP contribution in [0.5, 0.6) is 0 Å². The fourth-order valence-electron chi connectivity index (χ4n) is 4.03. The first-order chi connectivity index (χ1) is 11.8. The van der Waals surface area contributed by atoms with Crippen molar-refractivity contribution in [3.05, 3.63) is 35.3 Å². The minimum Gasteiger partial charge on any atom is -0.350 e. The van der Waals surface area contributed by atoms with Gasteiger partial charge in [0, 0.05) is 30.0 Å². The van der Waals surface area contributed by atoms with Gasteiger partial charge in [-0.2, -0.15) is 0 Å². The number of halogens is 1. The summed E-state index contributed by atoms with van der Waals surface area (Å²) in [6.07, 6.45) is 0. The molecule has 2 aromatic rings. The summed E-state index contributed by atoms with van der Waals surface area (Å²) in [5, 5.41) is 0.674. The summed E-state index contributed by atoms with van der Waals surface area (Å²) < 4.78 is 37.7. The van der Waals surface area contributed by atoms with Crippen molar-refractivity contribution in [3.63, 3.8) is 0 Å². The van der Waals surface area contributed by atoms with Gasteiger partial charge in [0.2, 0.25) is 0 Å². The number of fused-ring (bicyclic) bond motifs is 2. The van der Waals surface area contributed by atoms with Crippen molar-refractivity contribution in [2.75, 3.05) is 31.6 Å². The van der Waals surface area contributed by atoms with Gasteiger partial charge >= 0.3 is 0 Å². The van der Waals surface area contributed by atoms with Gasteiger partial charge in [0.25, 0.3) is 5.91 Å². The van der Waals surface area contributed by atoms with Crippen molar-refractivity contribution in [3.8, 4) is 0 Å². The molecule has 1 amide bonds. The van der Waals surface area contributed by atoms with Crippen LogP contribution in [-0.2, 0) is 9.84 Å². The summed E-state index contributed by atoms with van der Waals surface area (Å²) in [4.78, 5) is 19.9. The lowest BCUT2D eigenvalue weighted by Crippen LogP contribution is -2.59. The molecule has 4 rings (SSSR count). The highest BCUT2D eigenvalue weighted by atomic mass is 32.2. The van der Waals surface area contributed by atoms with Crippen LogP contribution in [0.25, 0.3) is 10.9 Å². The zero-order valence-electron chi connectivity index (χ0n) is 14.1. The van der Waals surface area contributed by atoms with Crippen LogP contribution in [0.15, 0.2) is 18.2 Å². The highest BCUT2D eigenvalue weighted by molar-refractivity contribution is 7.91. The largest absolute Gasteiger partial charge is 0.350 e. The topological polar surface area (TPSA) is 73.5 Å². The molecule has 1 N–H and O–H groups in total. The molecule has 3 heterocycles. The van der Waals surface area contributed by atoms with Gasteiger partial charge in [-0.15, -0.1) is 0 Å². The van der Waals surface area contributed by atoms with E-state index in [0.29, 0.717) is 35.2 Å². The number of benzene rings is 1. The Morgan fingerprint density at radius 1 is 1.24 bits per heavy atom. The Kier molecular flexibility index (Phi) is 3.66. The summed E-state index contributed by atoms with van der Waals surface area (Å²) in [6.45, 7) is 2.90. The number of carbonyl (C=O) groups excluding carboxylic acids is 1. The number of sulfone groups is 1. The van der Waals surface area contributed by atoms with Crippen molar-refractivity contribution in [2.24, 2.45) is 0 Å². The van der Waals surface area contributed by atoms with Crippen LogP contribution < -0.4 is 0 Å². The van der Waals surface area contributed by atoms with Gasteiger partial charge in [-0.1, -0.05) is 0 Å². The summed E-state index contributed by atoms with van der Waals surface area (Å²) in [5.41, 5.74) is 1.80. The van der Waals surface area contributed by atoms with Gasteiger partial charge in [-0.05, 0) is 37.7 Å². The monoisotopic (exact) mass is 365 g/mol. The minimum absolute atomic E-state index is 0.00164. The molecule has 2 aliphatic rings. The molecular weight excluding hydrogens is 345 g/mol. The van der Waals surface area contributed by atoms with E-state index in [1.807, 2.05) is 11.9 Å². The Morgan fingerprint density at radius 3 is 2.72 bits per heavy atom. The number of carbonyl (C=O) groups is 1. The van der Waals surface area contributed by atoms with Gasteiger partial charge in [0.15, 0.2) is 9.84 Å². The number of nitrogens with one attached hydrogen (secondary N) is 1. The van der Waals surface area contributed by atoms with Crippen LogP contribution in [0, 0.1) is 12.7 Å². The van der Waals surface area contributed by atoms with E-state index in [1.54, 1.807) is 17.9 Å². The van der Waals surface area contributed by atoms with Gasteiger partial charge in [0.1, 0.15) is 11.5 Å². The number of hydrogen-bond donors (Lipinski definition) is 1. The Morgan fingerprint density at radius 2 is 1.96 bits per heavy atom. The molecule has 2 atom stereocenters. The van der Waals surface area contributed by atoms with Crippen LogP contribution in [0.3, 0.4) is 0 Å². The number of H-pyrrole nitrogens is 1. The van der Waals surface area contributed by atoms with E-state index in [9.17, 15) is 17.6 Å². The number of rotatable bonds is 1. The van der Waals surface area contributed by atoms with Crippen molar-refractivity contribution >= 4 is 26.6 Å². The number of aryl methyl sites for hydroxylation is 1. The molecule has 0 radical (unpaired) electrons. The number of aromatic amines is 1. The number of hydrogen-bond acceptors (Lipinski definition) is 4. The molecule has 134 valence electrons. The average molecular weight is 365 g/mol. The molecule has 6 nitrogen and oxygen atoms in total.